The Hall–Kier alpha value is -2.73. The Bertz CT molecular complexity index is 838. The molecule has 1 saturated heterocycles. The van der Waals surface area contributed by atoms with Crippen molar-refractivity contribution in [1.29, 1.82) is 0 Å². The van der Waals surface area contributed by atoms with Gasteiger partial charge in [0.25, 0.3) is 5.91 Å². The predicted octanol–water partition coefficient (Wildman–Crippen LogP) is 3.10. The van der Waals surface area contributed by atoms with Gasteiger partial charge in [-0.3, -0.25) is 14.5 Å². The van der Waals surface area contributed by atoms with Gasteiger partial charge in [0, 0.05) is 25.2 Å². The molecule has 29 heavy (non-hydrogen) atoms. The normalized spacial score (nSPS) is 17.0. The van der Waals surface area contributed by atoms with Crippen LogP contribution in [-0.4, -0.2) is 36.3 Å². The van der Waals surface area contributed by atoms with E-state index in [0.717, 1.165) is 31.1 Å². The number of carbonyl (C=O) groups excluding carboxylic acids is 2. The van der Waals surface area contributed by atoms with Crippen molar-refractivity contribution in [3.8, 4) is 0 Å². The summed E-state index contributed by atoms with van der Waals surface area (Å²) in [7, 11) is 0. The second-order valence-electron chi connectivity index (χ2n) is 7.72. The van der Waals surface area contributed by atoms with E-state index in [9.17, 15) is 14.0 Å². The van der Waals surface area contributed by atoms with Gasteiger partial charge in [-0.1, -0.05) is 31.2 Å². The van der Waals surface area contributed by atoms with Gasteiger partial charge in [0.1, 0.15) is 5.82 Å². The van der Waals surface area contributed by atoms with Crippen molar-refractivity contribution in [3.05, 3.63) is 71.0 Å². The molecule has 1 fully saturated rings. The van der Waals surface area contributed by atoms with Crippen molar-refractivity contribution in [1.82, 2.24) is 15.5 Å². The molecule has 3 rings (SSSR count). The summed E-state index contributed by atoms with van der Waals surface area (Å²) in [5.74, 6) is -0.348. The Kier molecular flexibility index (Phi) is 7.36. The predicted molar refractivity (Wildman–Crippen MR) is 111 cm³/mol. The molecule has 6 heteroatoms. The summed E-state index contributed by atoms with van der Waals surface area (Å²) in [4.78, 5) is 26.6. The summed E-state index contributed by atoms with van der Waals surface area (Å²) in [6.07, 6.45) is 2.52. The topological polar surface area (TPSA) is 61.4 Å². The van der Waals surface area contributed by atoms with E-state index < -0.39 is 11.7 Å². The first kappa shape index (κ1) is 21.0. The Balaban J connectivity index is 1.48. The third-order valence-electron chi connectivity index (χ3n) is 5.25. The van der Waals surface area contributed by atoms with E-state index in [2.05, 4.69) is 28.5 Å². The van der Waals surface area contributed by atoms with Gasteiger partial charge in [-0.05, 0) is 60.7 Å². The lowest BCUT2D eigenvalue weighted by atomic mass is 9.99. The lowest BCUT2D eigenvalue weighted by Gasteiger charge is -2.31. The highest BCUT2D eigenvalue weighted by Crippen LogP contribution is 2.19. The number of nitrogens with one attached hydrogen (secondary N) is 2. The number of carbonyl (C=O) groups is 2. The van der Waals surface area contributed by atoms with E-state index >= 15 is 0 Å². The maximum absolute atomic E-state index is 12.9. The molecule has 0 bridgehead atoms. The average molecular weight is 397 g/mol. The highest BCUT2D eigenvalue weighted by molar-refractivity contribution is 5.96. The van der Waals surface area contributed by atoms with E-state index in [1.165, 1.54) is 42.7 Å². The monoisotopic (exact) mass is 397 g/mol. The van der Waals surface area contributed by atoms with Crippen LogP contribution in [0.2, 0.25) is 0 Å². The zero-order valence-corrected chi connectivity index (χ0v) is 16.8. The summed E-state index contributed by atoms with van der Waals surface area (Å²) in [6, 6.07) is 13.3. The average Bonchev–Trinajstić information content (AvgIpc) is 2.72. The summed E-state index contributed by atoms with van der Waals surface area (Å²) >= 11 is 0. The molecule has 2 N–H and O–H groups in total. The molecule has 1 atom stereocenters. The molecule has 0 unspecified atom stereocenters. The van der Waals surface area contributed by atoms with Crippen molar-refractivity contribution >= 4 is 11.8 Å². The van der Waals surface area contributed by atoms with Gasteiger partial charge in [0.15, 0.2) is 0 Å². The van der Waals surface area contributed by atoms with Crippen LogP contribution in [0.15, 0.2) is 48.5 Å². The molecule has 154 valence electrons. The molecule has 1 aliphatic heterocycles. The summed E-state index contributed by atoms with van der Waals surface area (Å²) < 4.78 is 12.9. The van der Waals surface area contributed by atoms with Crippen LogP contribution in [0.4, 0.5) is 4.39 Å². The van der Waals surface area contributed by atoms with Crippen molar-refractivity contribution in [2.24, 2.45) is 5.92 Å². The minimum Gasteiger partial charge on any atom is -0.350 e. The van der Waals surface area contributed by atoms with Crippen LogP contribution in [0.5, 0.6) is 0 Å². The fourth-order valence-electron chi connectivity index (χ4n) is 3.68. The molecule has 2 amide bonds. The lowest BCUT2D eigenvalue weighted by Crippen LogP contribution is -2.37. The molecule has 0 radical (unpaired) electrons. The minimum atomic E-state index is -0.406. The number of rotatable bonds is 7. The molecule has 0 aromatic heterocycles. The quantitative estimate of drug-likeness (QED) is 0.755. The summed E-state index contributed by atoms with van der Waals surface area (Å²) in [6.45, 7) is 5.69. The van der Waals surface area contributed by atoms with Crippen LogP contribution in [0.1, 0.15) is 41.3 Å². The molecule has 1 aliphatic rings. The Morgan fingerprint density at radius 3 is 2.52 bits per heavy atom. The third kappa shape index (κ3) is 6.39. The number of amides is 2. The molecule has 0 spiro atoms. The van der Waals surface area contributed by atoms with E-state index in [1.807, 2.05) is 18.2 Å². The highest BCUT2D eigenvalue weighted by atomic mass is 19.1. The lowest BCUT2D eigenvalue weighted by molar-refractivity contribution is -0.120. The van der Waals surface area contributed by atoms with Gasteiger partial charge in [-0.25, -0.2) is 4.39 Å². The number of hydrogen-bond donors (Lipinski definition) is 2. The van der Waals surface area contributed by atoms with Crippen molar-refractivity contribution in [2.75, 3.05) is 19.6 Å². The maximum atomic E-state index is 12.9. The second kappa shape index (κ2) is 10.2. The van der Waals surface area contributed by atoms with Crippen molar-refractivity contribution < 1.29 is 14.0 Å². The first-order valence-corrected chi connectivity index (χ1v) is 10.1. The van der Waals surface area contributed by atoms with Gasteiger partial charge in [-0.2, -0.15) is 0 Å². The highest BCUT2D eigenvalue weighted by Gasteiger charge is 2.17. The molecule has 2 aromatic carbocycles. The van der Waals surface area contributed by atoms with Gasteiger partial charge < -0.3 is 10.6 Å². The number of likely N-dealkylation sites (tertiary alicyclic amines) is 1. The fraction of sp³-hybridized carbons (Fsp3) is 0.391. The number of benzene rings is 2. The standard InChI is InChI=1S/C23H28FN3O2/c1-17-5-4-12-27(15-17)16-20-7-3-2-6-19(20)13-25-22(28)14-26-23(29)18-8-10-21(24)11-9-18/h2-3,6-11,17H,4-5,12-16H2,1H3,(H,25,28)(H,26,29)/t17-/m1/s1. The Labute approximate surface area is 171 Å². The molecular formula is C23H28FN3O2. The number of piperidine rings is 1. The summed E-state index contributed by atoms with van der Waals surface area (Å²) in [5, 5.41) is 5.43. The van der Waals surface area contributed by atoms with E-state index in [1.54, 1.807) is 0 Å². The first-order chi connectivity index (χ1) is 14.0. The molecule has 0 aliphatic carbocycles. The van der Waals surface area contributed by atoms with Gasteiger partial charge in [0.2, 0.25) is 5.91 Å². The van der Waals surface area contributed by atoms with E-state index in [-0.39, 0.29) is 12.5 Å². The van der Waals surface area contributed by atoms with Crippen LogP contribution >= 0.6 is 0 Å². The number of hydrogen-bond acceptors (Lipinski definition) is 3. The third-order valence-corrected chi connectivity index (χ3v) is 5.25. The zero-order valence-electron chi connectivity index (χ0n) is 16.8. The number of halogens is 1. The van der Waals surface area contributed by atoms with Crippen molar-refractivity contribution in [2.45, 2.75) is 32.9 Å². The van der Waals surface area contributed by atoms with Gasteiger partial charge in [-0.15, -0.1) is 0 Å². The smallest absolute Gasteiger partial charge is 0.251 e. The maximum Gasteiger partial charge on any atom is 0.251 e. The molecule has 5 nitrogen and oxygen atoms in total. The first-order valence-electron chi connectivity index (χ1n) is 10.1. The zero-order chi connectivity index (χ0) is 20.6. The fourth-order valence-corrected chi connectivity index (χ4v) is 3.68. The van der Waals surface area contributed by atoms with Crippen molar-refractivity contribution in [3.63, 3.8) is 0 Å². The minimum absolute atomic E-state index is 0.123. The van der Waals surface area contributed by atoms with Crippen LogP contribution in [-0.2, 0) is 17.9 Å². The second-order valence-corrected chi connectivity index (χ2v) is 7.72. The van der Waals surface area contributed by atoms with Crippen LogP contribution in [0, 0.1) is 11.7 Å². The van der Waals surface area contributed by atoms with Crippen LogP contribution < -0.4 is 10.6 Å². The van der Waals surface area contributed by atoms with Gasteiger partial charge >= 0.3 is 0 Å². The Morgan fingerprint density at radius 1 is 1.07 bits per heavy atom. The number of nitrogens with zero attached hydrogens (tertiary/aromatic N) is 1. The van der Waals surface area contributed by atoms with E-state index in [0.29, 0.717) is 12.1 Å². The summed E-state index contributed by atoms with van der Waals surface area (Å²) in [5.41, 5.74) is 2.63. The molecular weight excluding hydrogens is 369 g/mol. The van der Waals surface area contributed by atoms with Crippen LogP contribution in [0.25, 0.3) is 0 Å². The molecule has 2 aromatic rings. The van der Waals surface area contributed by atoms with Crippen LogP contribution in [0.3, 0.4) is 0 Å². The largest absolute Gasteiger partial charge is 0.350 e. The molecule has 0 saturated carbocycles. The van der Waals surface area contributed by atoms with Gasteiger partial charge in [0.05, 0.1) is 6.54 Å². The molecule has 1 heterocycles. The SMILES string of the molecule is C[C@@H]1CCCN(Cc2ccccc2CNC(=O)CNC(=O)c2ccc(F)cc2)C1. The van der Waals surface area contributed by atoms with E-state index in [4.69, 9.17) is 0 Å². The Morgan fingerprint density at radius 2 is 1.79 bits per heavy atom.